The molecule has 0 heterocycles. The Morgan fingerprint density at radius 1 is 1.29 bits per heavy atom. The molecule has 0 saturated heterocycles. The first-order valence-electron chi connectivity index (χ1n) is 2.91. The van der Waals surface area contributed by atoms with Crippen LogP contribution in [0.5, 0.6) is 0 Å². The summed E-state index contributed by atoms with van der Waals surface area (Å²) >= 11 is 3.44. The second-order valence-corrected chi connectivity index (χ2v) is 2.48. The summed E-state index contributed by atoms with van der Waals surface area (Å²) in [4.78, 5) is 0. The summed E-state index contributed by atoms with van der Waals surface area (Å²) in [6.45, 7) is 0. The smallest absolute Gasteiger partial charge is 0.0926 e. The van der Waals surface area contributed by atoms with E-state index >= 15 is 0 Å². The third-order valence-corrected chi connectivity index (χ3v) is 2.29. The van der Waals surface area contributed by atoms with Crippen molar-refractivity contribution in [1.82, 2.24) is 0 Å². The molecule has 0 aromatic rings. The summed E-state index contributed by atoms with van der Waals surface area (Å²) in [6, 6.07) is 0. The Bertz CT molecular complexity index is 31.2. The summed E-state index contributed by atoms with van der Waals surface area (Å²) in [7, 11) is 4.46. The lowest BCUT2D eigenvalue weighted by molar-refractivity contribution is 0.753. The average Bonchev–Trinajstić information content (AvgIpc) is 1.72. The van der Waals surface area contributed by atoms with Crippen molar-refractivity contribution in [2.75, 3.05) is 5.33 Å². The summed E-state index contributed by atoms with van der Waals surface area (Å²) in [6.07, 6.45) is 2.61. The van der Waals surface area contributed by atoms with E-state index in [2.05, 4.69) is 31.6 Å². The van der Waals surface area contributed by atoms with Crippen molar-refractivity contribution in [2.45, 2.75) is 12.6 Å². The maximum absolute atomic E-state index is 3.44. The first kappa shape index (κ1) is 7.61. The standard InChI is InChI=1S/C4H11B2Br/c5-1-4(2-6)3-7/h4H,1-3,5-6H2. The molecule has 0 bridgehead atoms. The van der Waals surface area contributed by atoms with Gasteiger partial charge in [-0.25, -0.2) is 0 Å². The van der Waals surface area contributed by atoms with Crippen LogP contribution in [0.15, 0.2) is 0 Å². The van der Waals surface area contributed by atoms with Crippen molar-refractivity contribution in [3.05, 3.63) is 0 Å². The molecule has 40 valence electrons. The Hall–Kier alpha value is 0.610. The van der Waals surface area contributed by atoms with Crippen LogP contribution in [-0.4, -0.2) is 21.0 Å². The zero-order valence-corrected chi connectivity index (χ0v) is 6.66. The molecule has 0 amide bonds. The van der Waals surface area contributed by atoms with Gasteiger partial charge < -0.3 is 0 Å². The Morgan fingerprint density at radius 2 is 1.71 bits per heavy atom. The summed E-state index contributed by atoms with van der Waals surface area (Å²) in [5, 5.41) is 1.17. The predicted octanol–water partition coefficient (Wildman–Crippen LogP) is 0.100. The van der Waals surface area contributed by atoms with E-state index in [9.17, 15) is 0 Å². The first-order valence-corrected chi connectivity index (χ1v) is 4.03. The largest absolute Gasteiger partial charge is 0.101 e. The third kappa shape index (κ3) is 3.22. The van der Waals surface area contributed by atoms with Crippen molar-refractivity contribution in [3.63, 3.8) is 0 Å². The van der Waals surface area contributed by atoms with E-state index in [4.69, 9.17) is 0 Å². The van der Waals surface area contributed by atoms with Gasteiger partial charge in [0.05, 0.1) is 0 Å². The normalized spacial score (nSPS) is 10.0. The molecule has 0 aromatic carbocycles. The van der Waals surface area contributed by atoms with Gasteiger partial charge in [0.25, 0.3) is 0 Å². The fraction of sp³-hybridized carbons (Fsp3) is 1.00. The van der Waals surface area contributed by atoms with Crippen LogP contribution >= 0.6 is 15.9 Å². The molecule has 0 aliphatic heterocycles. The average molecular weight is 161 g/mol. The van der Waals surface area contributed by atoms with E-state index in [1.807, 2.05) is 0 Å². The van der Waals surface area contributed by atoms with E-state index in [1.165, 1.54) is 18.0 Å². The van der Waals surface area contributed by atoms with Crippen molar-refractivity contribution in [1.29, 1.82) is 0 Å². The molecule has 0 atom stereocenters. The molecular formula is C4H11B2Br. The second kappa shape index (κ2) is 4.76. The Kier molecular flexibility index (Phi) is 5.18. The highest BCUT2D eigenvalue weighted by atomic mass is 79.9. The van der Waals surface area contributed by atoms with Crippen LogP contribution in [-0.2, 0) is 0 Å². The quantitative estimate of drug-likeness (QED) is 0.406. The molecule has 0 rings (SSSR count). The van der Waals surface area contributed by atoms with Crippen LogP contribution in [0.1, 0.15) is 0 Å². The molecule has 7 heavy (non-hydrogen) atoms. The van der Waals surface area contributed by atoms with Crippen LogP contribution in [0.3, 0.4) is 0 Å². The van der Waals surface area contributed by atoms with E-state index in [-0.39, 0.29) is 0 Å². The van der Waals surface area contributed by atoms with Gasteiger partial charge in [0.2, 0.25) is 0 Å². The molecule has 0 N–H and O–H groups in total. The Labute approximate surface area is 56.0 Å². The van der Waals surface area contributed by atoms with E-state index in [1.54, 1.807) is 0 Å². The lowest BCUT2D eigenvalue weighted by Gasteiger charge is -2.04. The lowest BCUT2D eigenvalue weighted by Crippen LogP contribution is -1.98. The van der Waals surface area contributed by atoms with Gasteiger partial charge in [-0.3, -0.25) is 0 Å². The van der Waals surface area contributed by atoms with Gasteiger partial charge in [0.1, 0.15) is 15.7 Å². The molecule has 0 radical (unpaired) electrons. The van der Waals surface area contributed by atoms with Crippen molar-refractivity contribution < 1.29 is 0 Å². The highest BCUT2D eigenvalue weighted by molar-refractivity contribution is 9.09. The van der Waals surface area contributed by atoms with Crippen molar-refractivity contribution >= 4 is 31.6 Å². The van der Waals surface area contributed by atoms with Crippen molar-refractivity contribution in [2.24, 2.45) is 5.92 Å². The second-order valence-electron chi connectivity index (χ2n) is 1.84. The minimum absolute atomic E-state index is 0.903. The van der Waals surface area contributed by atoms with E-state index in [0.717, 1.165) is 5.92 Å². The van der Waals surface area contributed by atoms with Gasteiger partial charge in [-0.05, 0) is 5.92 Å². The molecule has 0 saturated carbocycles. The van der Waals surface area contributed by atoms with Gasteiger partial charge in [-0.2, -0.15) is 0 Å². The Morgan fingerprint density at radius 3 is 1.71 bits per heavy atom. The maximum Gasteiger partial charge on any atom is 0.101 e. The van der Waals surface area contributed by atoms with Gasteiger partial charge in [0, 0.05) is 5.33 Å². The van der Waals surface area contributed by atoms with Gasteiger partial charge in [-0.1, -0.05) is 28.6 Å². The highest BCUT2D eigenvalue weighted by Gasteiger charge is 1.97. The maximum atomic E-state index is 3.44. The minimum atomic E-state index is 0.903. The highest BCUT2D eigenvalue weighted by Crippen LogP contribution is 2.07. The predicted molar refractivity (Wildman–Crippen MR) is 44.0 cm³/mol. The van der Waals surface area contributed by atoms with Crippen LogP contribution in [0, 0.1) is 5.92 Å². The van der Waals surface area contributed by atoms with Gasteiger partial charge in [-0.15, -0.1) is 0 Å². The number of hydrogen-bond donors (Lipinski definition) is 0. The number of hydrogen-bond acceptors (Lipinski definition) is 0. The Balaban J connectivity index is 2.99. The summed E-state index contributed by atoms with van der Waals surface area (Å²) in [5.74, 6) is 0.903. The SMILES string of the molecule is BCC(CB)CBr. The van der Waals surface area contributed by atoms with Crippen LogP contribution in [0.4, 0.5) is 0 Å². The number of alkyl halides is 1. The fourth-order valence-electron chi connectivity index (χ4n) is 0.507. The molecule has 0 nitrogen and oxygen atoms in total. The van der Waals surface area contributed by atoms with Crippen molar-refractivity contribution in [3.8, 4) is 0 Å². The lowest BCUT2D eigenvalue weighted by atomic mass is 9.83. The molecule has 0 spiro atoms. The van der Waals surface area contributed by atoms with Crippen LogP contribution < -0.4 is 0 Å². The molecule has 0 aliphatic carbocycles. The van der Waals surface area contributed by atoms with Gasteiger partial charge in [0.15, 0.2) is 0 Å². The molecule has 0 aliphatic rings. The number of halogens is 1. The molecule has 0 fully saturated rings. The van der Waals surface area contributed by atoms with Crippen LogP contribution in [0.2, 0.25) is 12.6 Å². The topological polar surface area (TPSA) is 0 Å². The summed E-state index contributed by atoms with van der Waals surface area (Å²) < 4.78 is 0. The molecule has 0 aromatic heterocycles. The monoisotopic (exact) mass is 160 g/mol. The molecular weight excluding hydrogens is 150 g/mol. The zero-order valence-electron chi connectivity index (χ0n) is 5.08. The molecule has 3 heteroatoms. The molecule has 0 unspecified atom stereocenters. The minimum Gasteiger partial charge on any atom is -0.0926 e. The van der Waals surface area contributed by atoms with E-state index < -0.39 is 0 Å². The number of rotatable bonds is 3. The fourth-order valence-corrected chi connectivity index (χ4v) is 1.42. The summed E-state index contributed by atoms with van der Waals surface area (Å²) in [5.41, 5.74) is 0. The van der Waals surface area contributed by atoms with Gasteiger partial charge >= 0.3 is 0 Å². The zero-order chi connectivity index (χ0) is 5.70. The third-order valence-electron chi connectivity index (χ3n) is 1.37. The van der Waals surface area contributed by atoms with Crippen LogP contribution in [0.25, 0.3) is 0 Å². The first-order chi connectivity index (χ1) is 3.35. The van der Waals surface area contributed by atoms with E-state index in [0.29, 0.717) is 0 Å².